The predicted octanol–water partition coefficient (Wildman–Crippen LogP) is 2.42. The van der Waals surface area contributed by atoms with Gasteiger partial charge in [0, 0.05) is 24.2 Å². The number of halogens is 3. The molecule has 2 aliphatic heterocycles. The zero-order chi connectivity index (χ0) is 13.1. The van der Waals surface area contributed by atoms with Gasteiger partial charge in [0.1, 0.15) is 0 Å². The molecule has 0 N–H and O–H groups in total. The smallest absolute Gasteiger partial charge is 0.272 e. The van der Waals surface area contributed by atoms with Gasteiger partial charge in [-0.25, -0.2) is 8.78 Å². The monoisotopic (exact) mass is 266 g/mol. The maximum Gasteiger partial charge on any atom is 0.272 e. The molecule has 2 rings (SSSR count). The second-order valence-electron chi connectivity index (χ2n) is 6.33. The van der Waals surface area contributed by atoms with Crippen molar-refractivity contribution in [1.29, 1.82) is 0 Å². The van der Waals surface area contributed by atoms with Gasteiger partial charge >= 0.3 is 0 Å². The third-order valence-corrected chi connectivity index (χ3v) is 5.04. The van der Waals surface area contributed by atoms with Crippen molar-refractivity contribution in [1.82, 2.24) is 9.80 Å². The highest BCUT2D eigenvalue weighted by atomic mass is 35.5. The summed E-state index contributed by atoms with van der Waals surface area (Å²) < 4.78 is 26.0. The van der Waals surface area contributed by atoms with Crippen LogP contribution in [-0.2, 0) is 0 Å². The average Bonchev–Trinajstić information content (AvgIpc) is 2.08. The molecule has 2 fully saturated rings. The Kier molecular flexibility index (Phi) is 3.00. The van der Waals surface area contributed by atoms with E-state index in [1.54, 1.807) is 0 Å². The van der Waals surface area contributed by atoms with Crippen LogP contribution in [0.15, 0.2) is 0 Å². The Balaban J connectivity index is 2.04. The van der Waals surface area contributed by atoms with Gasteiger partial charge in [-0.3, -0.25) is 9.80 Å². The third-order valence-electron chi connectivity index (χ3n) is 4.76. The van der Waals surface area contributed by atoms with Crippen molar-refractivity contribution in [3.8, 4) is 0 Å². The first-order chi connectivity index (χ1) is 7.56. The minimum atomic E-state index is -2.50. The predicted molar refractivity (Wildman–Crippen MR) is 65.9 cm³/mol. The van der Waals surface area contributed by atoms with Gasteiger partial charge in [0.25, 0.3) is 5.92 Å². The van der Waals surface area contributed by atoms with Gasteiger partial charge in [-0.1, -0.05) is 0 Å². The molecule has 0 aromatic carbocycles. The fraction of sp³-hybridized carbons (Fsp3) is 1.00. The molecular formula is C12H21ClF2N2. The summed E-state index contributed by atoms with van der Waals surface area (Å²) in [5.74, 6) is -2.50. The van der Waals surface area contributed by atoms with Gasteiger partial charge in [-0.15, -0.1) is 11.6 Å². The molecule has 0 saturated carbocycles. The van der Waals surface area contributed by atoms with Crippen molar-refractivity contribution < 1.29 is 8.78 Å². The fourth-order valence-electron chi connectivity index (χ4n) is 2.56. The summed E-state index contributed by atoms with van der Waals surface area (Å²) in [6, 6.07) is 0. The van der Waals surface area contributed by atoms with E-state index < -0.39 is 5.92 Å². The van der Waals surface area contributed by atoms with E-state index in [0.717, 1.165) is 13.1 Å². The maximum atomic E-state index is 13.0. The number of likely N-dealkylation sites (tertiary alicyclic amines) is 2. The lowest BCUT2D eigenvalue weighted by atomic mass is 9.76. The van der Waals surface area contributed by atoms with Crippen molar-refractivity contribution in [3.05, 3.63) is 0 Å². The zero-order valence-corrected chi connectivity index (χ0v) is 11.7. The normalized spacial score (nSPS) is 27.7. The van der Waals surface area contributed by atoms with Gasteiger partial charge in [0.2, 0.25) is 0 Å². The van der Waals surface area contributed by atoms with Crippen molar-refractivity contribution in [2.75, 3.05) is 26.2 Å². The molecule has 0 spiro atoms. The molecule has 0 radical (unpaired) electrons. The number of nitrogens with zero attached hydrogens (tertiary/aromatic N) is 2. The van der Waals surface area contributed by atoms with E-state index in [2.05, 4.69) is 18.7 Å². The van der Waals surface area contributed by atoms with Crippen LogP contribution in [0.25, 0.3) is 0 Å². The first-order valence-corrected chi connectivity index (χ1v) is 6.52. The number of hydrogen-bond acceptors (Lipinski definition) is 2. The highest BCUT2D eigenvalue weighted by Gasteiger charge is 2.56. The lowest BCUT2D eigenvalue weighted by Gasteiger charge is -2.61. The number of rotatable bonds is 3. The minimum absolute atomic E-state index is 0.123. The SMILES string of the molecule is CC(C)(N1CC(Cl)C1)C(C)(C)N1CC(F)(F)C1. The van der Waals surface area contributed by atoms with Crippen LogP contribution in [0.4, 0.5) is 8.78 Å². The van der Waals surface area contributed by atoms with Crippen molar-refractivity contribution >= 4 is 11.6 Å². The summed E-state index contributed by atoms with van der Waals surface area (Å²) >= 11 is 6.00. The van der Waals surface area contributed by atoms with Crippen LogP contribution in [0.1, 0.15) is 27.7 Å². The molecule has 0 bridgehead atoms. The summed E-state index contributed by atoms with van der Waals surface area (Å²) in [4.78, 5) is 4.15. The summed E-state index contributed by atoms with van der Waals surface area (Å²) in [6.45, 7) is 9.78. The summed E-state index contributed by atoms with van der Waals surface area (Å²) in [5, 5.41) is 0.211. The lowest BCUT2D eigenvalue weighted by Crippen LogP contribution is -2.75. The largest absolute Gasteiger partial charge is 0.293 e. The molecule has 17 heavy (non-hydrogen) atoms. The molecule has 0 aromatic rings. The molecule has 2 saturated heterocycles. The Morgan fingerprint density at radius 1 is 1.00 bits per heavy atom. The second kappa shape index (κ2) is 3.78. The van der Waals surface area contributed by atoms with Crippen LogP contribution in [0, 0.1) is 0 Å². The van der Waals surface area contributed by atoms with Gasteiger partial charge in [-0.2, -0.15) is 0 Å². The minimum Gasteiger partial charge on any atom is -0.293 e. The van der Waals surface area contributed by atoms with E-state index in [0.29, 0.717) is 0 Å². The third kappa shape index (κ3) is 2.08. The van der Waals surface area contributed by atoms with Crippen LogP contribution in [-0.4, -0.2) is 58.4 Å². The highest BCUT2D eigenvalue weighted by molar-refractivity contribution is 6.21. The molecule has 0 amide bonds. The first-order valence-electron chi connectivity index (χ1n) is 6.08. The molecule has 2 nitrogen and oxygen atoms in total. The van der Waals surface area contributed by atoms with Gasteiger partial charge in [0.15, 0.2) is 0 Å². The average molecular weight is 267 g/mol. The number of alkyl halides is 3. The second-order valence-corrected chi connectivity index (χ2v) is 6.95. The molecule has 5 heteroatoms. The molecule has 100 valence electrons. The molecule has 0 aromatic heterocycles. The summed E-state index contributed by atoms with van der Waals surface area (Å²) in [5.41, 5.74) is -0.416. The Morgan fingerprint density at radius 3 is 1.76 bits per heavy atom. The Bertz CT molecular complexity index is 304. The van der Waals surface area contributed by atoms with E-state index in [-0.39, 0.29) is 29.5 Å². The van der Waals surface area contributed by atoms with E-state index in [9.17, 15) is 8.78 Å². The van der Waals surface area contributed by atoms with Crippen LogP contribution in [0.5, 0.6) is 0 Å². The van der Waals surface area contributed by atoms with Gasteiger partial charge < -0.3 is 0 Å². The van der Waals surface area contributed by atoms with Crippen molar-refractivity contribution in [2.24, 2.45) is 0 Å². The quantitative estimate of drug-likeness (QED) is 0.724. The first kappa shape index (κ1) is 13.5. The maximum absolute atomic E-state index is 13.0. The summed E-state index contributed by atoms with van der Waals surface area (Å²) in [6.07, 6.45) is 0. The molecule has 0 unspecified atom stereocenters. The summed E-state index contributed by atoms with van der Waals surface area (Å²) in [7, 11) is 0. The van der Waals surface area contributed by atoms with Crippen molar-refractivity contribution in [2.45, 2.75) is 50.1 Å². The van der Waals surface area contributed by atoms with Crippen LogP contribution in [0.2, 0.25) is 0 Å². The number of hydrogen-bond donors (Lipinski definition) is 0. The molecule has 0 atom stereocenters. The fourth-order valence-corrected chi connectivity index (χ4v) is 2.90. The topological polar surface area (TPSA) is 6.48 Å². The van der Waals surface area contributed by atoms with Crippen LogP contribution < -0.4 is 0 Å². The van der Waals surface area contributed by atoms with E-state index in [1.165, 1.54) is 0 Å². The zero-order valence-electron chi connectivity index (χ0n) is 10.9. The van der Waals surface area contributed by atoms with E-state index in [4.69, 9.17) is 11.6 Å². The van der Waals surface area contributed by atoms with Gasteiger partial charge in [-0.05, 0) is 27.7 Å². The molecule has 2 heterocycles. The van der Waals surface area contributed by atoms with Crippen LogP contribution >= 0.6 is 11.6 Å². The molecule has 0 aliphatic carbocycles. The van der Waals surface area contributed by atoms with Crippen LogP contribution in [0.3, 0.4) is 0 Å². The Labute approximate surface area is 107 Å². The highest BCUT2D eigenvalue weighted by Crippen LogP contribution is 2.42. The molecular weight excluding hydrogens is 246 g/mol. The molecule has 2 aliphatic rings. The van der Waals surface area contributed by atoms with Gasteiger partial charge in [0.05, 0.1) is 18.5 Å². The lowest BCUT2D eigenvalue weighted by molar-refractivity contribution is -0.193. The Morgan fingerprint density at radius 2 is 1.41 bits per heavy atom. The van der Waals surface area contributed by atoms with Crippen molar-refractivity contribution in [3.63, 3.8) is 0 Å². The standard InChI is InChI=1S/C12H21ClF2N2/c1-10(2,16-5-9(13)6-16)11(3,4)17-7-12(14,15)8-17/h9H,5-8H2,1-4H3. The Hall–Kier alpha value is 0.0700. The van der Waals surface area contributed by atoms with E-state index in [1.807, 2.05) is 18.7 Å². The van der Waals surface area contributed by atoms with E-state index >= 15 is 0 Å².